The van der Waals surface area contributed by atoms with E-state index in [1.165, 1.54) is 81.6 Å². The van der Waals surface area contributed by atoms with E-state index in [-0.39, 0.29) is 0 Å². The average molecular weight is 395 g/mol. The van der Waals surface area contributed by atoms with Crippen LogP contribution in [0.25, 0.3) is 32.8 Å². The molecular formula is C28H28NO+. The van der Waals surface area contributed by atoms with E-state index in [9.17, 15) is 0 Å². The normalized spacial score (nSPS) is 16.0. The summed E-state index contributed by atoms with van der Waals surface area (Å²) in [6.07, 6.45) is 9.00. The highest BCUT2D eigenvalue weighted by atomic mass is 16.5. The second-order valence-electron chi connectivity index (χ2n) is 9.25. The third-order valence-corrected chi connectivity index (χ3v) is 7.39. The summed E-state index contributed by atoms with van der Waals surface area (Å²) < 4.78 is 8.92. The van der Waals surface area contributed by atoms with Gasteiger partial charge in [0.05, 0.1) is 5.56 Å². The Balaban J connectivity index is 1.67. The number of aryl methyl sites for hydroxylation is 2. The first-order valence-corrected chi connectivity index (χ1v) is 11.3. The zero-order chi connectivity index (χ0) is 20.4. The SMILES string of the molecule is Cc1cc2cccc3c2c(c1C)-c1c(c2cc(C4CCCCC4)ccc2c[n+]1C)O3. The predicted molar refractivity (Wildman–Crippen MR) is 123 cm³/mol. The summed E-state index contributed by atoms with van der Waals surface area (Å²) in [5, 5.41) is 4.99. The average Bonchev–Trinajstić information content (AvgIpc) is 2.77. The Bertz CT molecular complexity index is 1330. The van der Waals surface area contributed by atoms with Crippen molar-refractivity contribution in [2.24, 2.45) is 7.05 Å². The summed E-state index contributed by atoms with van der Waals surface area (Å²) in [5.41, 5.74) is 6.69. The van der Waals surface area contributed by atoms with Gasteiger partial charge in [0, 0.05) is 16.2 Å². The van der Waals surface area contributed by atoms with Crippen molar-refractivity contribution in [2.75, 3.05) is 0 Å². The Morgan fingerprint density at radius 1 is 0.933 bits per heavy atom. The number of pyridine rings is 1. The van der Waals surface area contributed by atoms with E-state index in [2.05, 4.69) is 74.1 Å². The summed E-state index contributed by atoms with van der Waals surface area (Å²) >= 11 is 0. The van der Waals surface area contributed by atoms with Crippen LogP contribution < -0.4 is 9.30 Å². The fraction of sp³-hybridized carbons (Fsp3) is 0.321. The topological polar surface area (TPSA) is 13.1 Å². The fourth-order valence-corrected chi connectivity index (χ4v) is 5.68. The van der Waals surface area contributed by atoms with Crippen molar-refractivity contribution >= 4 is 21.5 Å². The van der Waals surface area contributed by atoms with E-state index in [0.717, 1.165) is 11.5 Å². The lowest BCUT2D eigenvalue weighted by Crippen LogP contribution is -2.32. The number of rotatable bonds is 1. The monoisotopic (exact) mass is 394 g/mol. The first kappa shape index (κ1) is 17.9. The number of ether oxygens (including phenoxy) is 1. The van der Waals surface area contributed by atoms with Gasteiger partial charge >= 0.3 is 0 Å². The molecule has 0 N–H and O–H groups in total. The lowest BCUT2D eigenvalue weighted by atomic mass is 9.83. The van der Waals surface area contributed by atoms with E-state index < -0.39 is 0 Å². The molecule has 30 heavy (non-hydrogen) atoms. The molecule has 0 saturated heterocycles. The Labute approximate surface area is 178 Å². The summed E-state index contributed by atoms with van der Waals surface area (Å²) in [4.78, 5) is 0. The van der Waals surface area contributed by atoms with Crippen LogP contribution in [-0.4, -0.2) is 0 Å². The van der Waals surface area contributed by atoms with E-state index in [1.54, 1.807) is 0 Å². The van der Waals surface area contributed by atoms with Gasteiger partial charge in [-0.3, -0.25) is 0 Å². The van der Waals surface area contributed by atoms with Gasteiger partial charge in [0.25, 0.3) is 5.69 Å². The molecule has 1 aliphatic carbocycles. The summed E-state index contributed by atoms with van der Waals surface area (Å²) in [5.74, 6) is 2.69. The molecule has 6 rings (SSSR count). The van der Waals surface area contributed by atoms with E-state index in [4.69, 9.17) is 4.74 Å². The van der Waals surface area contributed by atoms with Crippen molar-refractivity contribution in [2.45, 2.75) is 51.9 Å². The molecule has 0 amide bonds. The molecule has 2 heteroatoms. The first-order chi connectivity index (χ1) is 14.6. The van der Waals surface area contributed by atoms with Crippen molar-refractivity contribution in [3.05, 3.63) is 65.4 Å². The van der Waals surface area contributed by atoms with Crippen LogP contribution in [0.4, 0.5) is 0 Å². The Hall–Kier alpha value is -2.87. The number of benzene rings is 3. The zero-order valence-corrected chi connectivity index (χ0v) is 18.1. The molecule has 3 aromatic carbocycles. The third-order valence-electron chi connectivity index (χ3n) is 7.39. The van der Waals surface area contributed by atoms with Crippen LogP contribution >= 0.6 is 0 Å². The van der Waals surface area contributed by atoms with Gasteiger partial charge in [-0.1, -0.05) is 43.5 Å². The van der Waals surface area contributed by atoms with Crippen LogP contribution in [0.1, 0.15) is 54.7 Å². The van der Waals surface area contributed by atoms with Crippen LogP contribution in [0.3, 0.4) is 0 Å². The van der Waals surface area contributed by atoms with Crippen LogP contribution in [0.15, 0.2) is 48.7 Å². The standard InChI is InChI=1S/C28H28NO/c1-17-14-21-10-7-11-24-26(21)25(18(17)2)27-28(30-24)23-15-20(19-8-5-4-6-9-19)12-13-22(23)16-29(27)3/h7,10-16,19H,4-6,8-9H2,1-3H3/q+1. The molecular weight excluding hydrogens is 366 g/mol. The molecule has 0 atom stereocenters. The number of hydrogen-bond acceptors (Lipinski definition) is 1. The van der Waals surface area contributed by atoms with Crippen LogP contribution in [0.2, 0.25) is 0 Å². The smallest absolute Gasteiger partial charge is 0.257 e. The fourth-order valence-electron chi connectivity index (χ4n) is 5.68. The van der Waals surface area contributed by atoms with E-state index in [1.807, 2.05) is 0 Å². The maximum Gasteiger partial charge on any atom is 0.257 e. The molecule has 2 heterocycles. The lowest BCUT2D eigenvalue weighted by molar-refractivity contribution is -0.659. The van der Waals surface area contributed by atoms with Gasteiger partial charge in [-0.15, -0.1) is 0 Å². The summed E-state index contributed by atoms with van der Waals surface area (Å²) in [6, 6.07) is 15.8. The van der Waals surface area contributed by atoms with Crippen molar-refractivity contribution in [1.82, 2.24) is 0 Å². The molecule has 2 aliphatic rings. The maximum absolute atomic E-state index is 6.66. The molecule has 0 spiro atoms. The third kappa shape index (κ3) is 2.52. The molecule has 0 bridgehead atoms. The zero-order valence-electron chi connectivity index (χ0n) is 18.1. The maximum atomic E-state index is 6.66. The Morgan fingerprint density at radius 3 is 2.60 bits per heavy atom. The second kappa shape index (κ2) is 6.57. The number of hydrogen-bond donors (Lipinski definition) is 0. The quantitative estimate of drug-likeness (QED) is 0.273. The molecule has 0 unspecified atom stereocenters. The van der Waals surface area contributed by atoms with Crippen molar-refractivity contribution in [3.63, 3.8) is 0 Å². The highest BCUT2D eigenvalue weighted by molar-refractivity contribution is 6.07. The van der Waals surface area contributed by atoms with Crippen molar-refractivity contribution < 1.29 is 9.30 Å². The largest absolute Gasteiger partial charge is 0.449 e. The van der Waals surface area contributed by atoms with E-state index in [0.29, 0.717) is 5.92 Å². The number of aromatic nitrogens is 1. The molecule has 1 saturated carbocycles. The van der Waals surface area contributed by atoms with Crippen LogP contribution in [0.5, 0.6) is 11.5 Å². The van der Waals surface area contributed by atoms with Gasteiger partial charge in [-0.25, -0.2) is 0 Å². The Morgan fingerprint density at radius 2 is 1.77 bits per heavy atom. The molecule has 4 aromatic rings. The van der Waals surface area contributed by atoms with Gasteiger partial charge in [0.2, 0.25) is 5.75 Å². The van der Waals surface area contributed by atoms with Crippen LogP contribution in [-0.2, 0) is 7.05 Å². The minimum atomic E-state index is 0.691. The van der Waals surface area contributed by atoms with Gasteiger partial charge in [0.1, 0.15) is 12.8 Å². The Kier molecular flexibility index (Phi) is 3.93. The molecule has 1 aromatic heterocycles. The van der Waals surface area contributed by atoms with E-state index >= 15 is 0 Å². The number of fused-ring (bicyclic) bond motifs is 4. The highest BCUT2D eigenvalue weighted by Gasteiger charge is 2.32. The predicted octanol–water partition coefficient (Wildman–Crippen LogP) is 7.25. The molecule has 150 valence electrons. The van der Waals surface area contributed by atoms with Gasteiger partial charge in [0.15, 0.2) is 6.20 Å². The number of nitrogens with zero attached hydrogens (tertiary/aromatic N) is 1. The molecule has 0 radical (unpaired) electrons. The second-order valence-corrected chi connectivity index (χ2v) is 9.25. The van der Waals surface area contributed by atoms with Gasteiger partial charge in [-0.05, 0) is 72.9 Å². The van der Waals surface area contributed by atoms with Gasteiger partial charge < -0.3 is 4.74 Å². The molecule has 2 nitrogen and oxygen atoms in total. The van der Waals surface area contributed by atoms with Crippen LogP contribution in [0, 0.1) is 13.8 Å². The lowest BCUT2D eigenvalue weighted by Gasteiger charge is -2.24. The molecule has 1 aliphatic heterocycles. The van der Waals surface area contributed by atoms with Crippen molar-refractivity contribution in [1.29, 1.82) is 0 Å². The minimum absolute atomic E-state index is 0.691. The van der Waals surface area contributed by atoms with Gasteiger partial charge in [-0.2, -0.15) is 4.57 Å². The minimum Gasteiger partial charge on any atom is -0.449 e. The van der Waals surface area contributed by atoms with Crippen molar-refractivity contribution in [3.8, 4) is 22.8 Å². The molecule has 1 fully saturated rings. The summed E-state index contributed by atoms with van der Waals surface area (Å²) in [6.45, 7) is 4.47. The highest BCUT2D eigenvalue weighted by Crippen LogP contribution is 2.49. The summed E-state index contributed by atoms with van der Waals surface area (Å²) in [7, 11) is 2.15. The first-order valence-electron chi connectivity index (χ1n) is 11.3.